The molecule has 122 valence electrons. The van der Waals surface area contributed by atoms with Crippen LogP contribution in [-0.2, 0) is 16.1 Å². The smallest absolute Gasteiger partial charge is 0.248 e. The molecule has 1 atom stereocenters. The summed E-state index contributed by atoms with van der Waals surface area (Å²) in [7, 11) is 0. The normalized spacial score (nSPS) is 11.7. The van der Waals surface area contributed by atoms with Crippen LogP contribution in [0.3, 0.4) is 0 Å². The number of carbonyl (C=O) groups is 1. The highest BCUT2D eigenvalue weighted by atomic mass is 35.5. The summed E-state index contributed by atoms with van der Waals surface area (Å²) in [5, 5.41) is 3.45. The van der Waals surface area contributed by atoms with E-state index in [4.69, 9.17) is 21.1 Å². The molecule has 1 N–H and O–H groups in total. The van der Waals surface area contributed by atoms with Gasteiger partial charge in [-0.3, -0.25) is 4.79 Å². The molecule has 1 amide bonds. The number of amides is 1. The molecule has 5 heteroatoms. The standard InChI is InChI=1S/C18H20ClNO3/c1-14(23-13-15-5-3-2-4-6-15)18(21)20-11-12-22-17-9-7-16(19)8-10-17/h2-10,14H,11-13H2,1H3,(H,20,21)/t14-/m1/s1. The molecule has 2 aromatic carbocycles. The molecule has 0 aliphatic rings. The van der Waals surface area contributed by atoms with Gasteiger partial charge in [-0.05, 0) is 36.8 Å². The fourth-order valence-corrected chi connectivity index (χ4v) is 2.01. The molecule has 0 aliphatic heterocycles. The monoisotopic (exact) mass is 333 g/mol. The molecule has 0 radical (unpaired) electrons. The Labute approximate surface area is 141 Å². The van der Waals surface area contributed by atoms with Crippen molar-refractivity contribution in [1.82, 2.24) is 5.32 Å². The van der Waals surface area contributed by atoms with Crippen LogP contribution in [0.25, 0.3) is 0 Å². The zero-order chi connectivity index (χ0) is 16.5. The van der Waals surface area contributed by atoms with Crippen LogP contribution in [0.5, 0.6) is 5.75 Å². The molecule has 4 nitrogen and oxygen atoms in total. The number of benzene rings is 2. The second-order valence-electron chi connectivity index (χ2n) is 5.03. The number of rotatable bonds is 8. The van der Waals surface area contributed by atoms with Crippen molar-refractivity contribution in [2.75, 3.05) is 13.2 Å². The first kappa shape index (κ1) is 17.3. The quantitative estimate of drug-likeness (QED) is 0.753. The third kappa shape index (κ3) is 6.30. The Balaban J connectivity index is 1.63. The lowest BCUT2D eigenvalue weighted by Gasteiger charge is -2.14. The number of hydrogen-bond acceptors (Lipinski definition) is 3. The van der Waals surface area contributed by atoms with Crippen LogP contribution in [0, 0.1) is 0 Å². The summed E-state index contributed by atoms with van der Waals surface area (Å²) in [4.78, 5) is 11.9. The number of hydrogen-bond donors (Lipinski definition) is 1. The minimum absolute atomic E-state index is 0.152. The van der Waals surface area contributed by atoms with Gasteiger partial charge in [-0.2, -0.15) is 0 Å². The van der Waals surface area contributed by atoms with Gasteiger partial charge in [0.05, 0.1) is 13.2 Å². The predicted molar refractivity (Wildman–Crippen MR) is 90.6 cm³/mol. The Hall–Kier alpha value is -2.04. The third-order valence-corrected chi connectivity index (χ3v) is 3.45. The second-order valence-corrected chi connectivity index (χ2v) is 5.47. The van der Waals surface area contributed by atoms with Gasteiger partial charge in [-0.25, -0.2) is 0 Å². The first-order valence-electron chi connectivity index (χ1n) is 7.47. The molecule has 0 saturated carbocycles. The van der Waals surface area contributed by atoms with Crippen molar-refractivity contribution in [2.45, 2.75) is 19.6 Å². The highest BCUT2D eigenvalue weighted by molar-refractivity contribution is 6.30. The molecular formula is C18H20ClNO3. The highest BCUT2D eigenvalue weighted by Gasteiger charge is 2.12. The molecule has 0 spiro atoms. The van der Waals surface area contributed by atoms with Crippen molar-refractivity contribution in [2.24, 2.45) is 0 Å². The van der Waals surface area contributed by atoms with E-state index in [1.165, 1.54) is 0 Å². The molecule has 2 aromatic rings. The van der Waals surface area contributed by atoms with Gasteiger partial charge in [0.15, 0.2) is 0 Å². The van der Waals surface area contributed by atoms with Crippen LogP contribution in [0.1, 0.15) is 12.5 Å². The van der Waals surface area contributed by atoms with E-state index in [0.29, 0.717) is 24.8 Å². The Morgan fingerprint density at radius 1 is 1.13 bits per heavy atom. The maximum atomic E-state index is 11.9. The van der Waals surface area contributed by atoms with Gasteiger partial charge in [-0.15, -0.1) is 0 Å². The minimum Gasteiger partial charge on any atom is -0.492 e. The number of halogens is 1. The SMILES string of the molecule is C[C@@H](OCc1ccccc1)C(=O)NCCOc1ccc(Cl)cc1. The minimum atomic E-state index is -0.509. The first-order valence-corrected chi connectivity index (χ1v) is 7.84. The Bertz CT molecular complexity index is 601. The molecular weight excluding hydrogens is 314 g/mol. The van der Waals surface area contributed by atoms with Crippen LogP contribution in [-0.4, -0.2) is 25.2 Å². The molecule has 0 heterocycles. The van der Waals surface area contributed by atoms with Crippen LogP contribution in [0.4, 0.5) is 0 Å². The van der Waals surface area contributed by atoms with Gasteiger partial charge < -0.3 is 14.8 Å². The van der Waals surface area contributed by atoms with E-state index in [-0.39, 0.29) is 5.91 Å². The number of carbonyl (C=O) groups excluding carboxylic acids is 1. The number of nitrogens with one attached hydrogen (secondary N) is 1. The topological polar surface area (TPSA) is 47.6 Å². The molecule has 23 heavy (non-hydrogen) atoms. The van der Waals surface area contributed by atoms with E-state index in [1.807, 2.05) is 30.3 Å². The summed E-state index contributed by atoms with van der Waals surface area (Å²) in [6.45, 7) is 2.95. The summed E-state index contributed by atoms with van der Waals surface area (Å²) in [5.74, 6) is 0.567. The largest absolute Gasteiger partial charge is 0.492 e. The van der Waals surface area contributed by atoms with Crippen LogP contribution in [0.2, 0.25) is 5.02 Å². The van der Waals surface area contributed by atoms with Crippen LogP contribution in [0.15, 0.2) is 54.6 Å². The lowest BCUT2D eigenvalue weighted by molar-refractivity contribution is -0.132. The Kier molecular flexibility index (Phi) is 6.91. The highest BCUT2D eigenvalue weighted by Crippen LogP contribution is 2.15. The van der Waals surface area contributed by atoms with Crippen LogP contribution >= 0.6 is 11.6 Å². The summed E-state index contributed by atoms with van der Waals surface area (Å²) >= 11 is 5.80. The summed E-state index contributed by atoms with van der Waals surface area (Å²) < 4.78 is 11.1. The molecule has 2 rings (SSSR count). The maximum Gasteiger partial charge on any atom is 0.248 e. The van der Waals surface area contributed by atoms with E-state index in [1.54, 1.807) is 31.2 Å². The van der Waals surface area contributed by atoms with Crippen molar-refractivity contribution >= 4 is 17.5 Å². The lowest BCUT2D eigenvalue weighted by Crippen LogP contribution is -2.36. The number of ether oxygens (including phenoxy) is 2. The predicted octanol–water partition coefficient (Wildman–Crippen LogP) is 3.44. The van der Waals surface area contributed by atoms with Crippen LogP contribution < -0.4 is 10.1 Å². The van der Waals surface area contributed by atoms with Gasteiger partial charge in [0.25, 0.3) is 0 Å². The average Bonchev–Trinajstić information content (AvgIpc) is 2.59. The van der Waals surface area contributed by atoms with E-state index < -0.39 is 6.10 Å². The van der Waals surface area contributed by atoms with Gasteiger partial charge in [0.2, 0.25) is 5.91 Å². The zero-order valence-electron chi connectivity index (χ0n) is 13.0. The lowest BCUT2D eigenvalue weighted by atomic mass is 10.2. The van der Waals surface area contributed by atoms with Gasteiger partial charge in [0.1, 0.15) is 18.5 Å². The van der Waals surface area contributed by atoms with Crippen molar-refractivity contribution in [3.63, 3.8) is 0 Å². The second kappa shape index (κ2) is 9.18. The molecule has 0 saturated heterocycles. The fourth-order valence-electron chi connectivity index (χ4n) is 1.89. The Morgan fingerprint density at radius 3 is 2.52 bits per heavy atom. The van der Waals surface area contributed by atoms with Gasteiger partial charge >= 0.3 is 0 Å². The molecule has 0 fully saturated rings. The molecule has 0 aliphatic carbocycles. The van der Waals surface area contributed by atoms with Crippen molar-refractivity contribution in [3.8, 4) is 5.75 Å². The summed E-state index contributed by atoms with van der Waals surface area (Å²) in [6.07, 6.45) is -0.509. The third-order valence-electron chi connectivity index (χ3n) is 3.20. The molecule has 0 aromatic heterocycles. The van der Waals surface area contributed by atoms with Crippen molar-refractivity contribution in [3.05, 3.63) is 65.2 Å². The molecule has 0 unspecified atom stereocenters. The van der Waals surface area contributed by atoms with E-state index in [9.17, 15) is 4.79 Å². The average molecular weight is 334 g/mol. The maximum absolute atomic E-state index is 11.9. The molecule has 0 bridgehead atoms. The summed E-state index contributed by atoms with van der Waals surface area (Å²) in [5.41, 5.74) is 1.04. The van der Waals surface area contributed by atoms with Crippen molar-refractivity contribution in [1.29, 1.82) is 0 Å². The van der Waals surface area contributed by atoms with Gasteiger partial charge in [-0.1, -0.05) is 41.9 Å². The fraction of sp³-hybridized carbons (Fsp3) is 0.278. The first-order chi connectivity index (χ1) is 11.1. The van der Waals surface area contributed by atoms with E-state index in [0.717, 1.165) is 11.3 Å². The van der Waals surface area contributed by atoms with E-state index in [2.05, 4.69) is 5.32 Å². The van der Waals surface area contributed by atoms with Crippen molar-refractivity contribution < 1.29 is 14.3 Å². The van der Waals surface area contributed by atoms with Gasteiger partial charge in [0, 0.05) is 5.02 Å². The Morgan fingerprint density at radius 2 is 1.83 bits per heavy atom. The summed E-state index contributed by atoms with van der Waals surface area (Å²) in [6, 6.07) is 16.8. The zero-order valence-corrected chi connectivity index (χ0v) is 13.8. The van der Waals surface area contributed by atoms with E-state index >= 15 is 0 Å².